The number of aromatic nitrogens is 2. The number of benzene rings is 3. The highest BCUT2D eigenvalue weighted by atomic mass is 35.5. The number of urea groups is 1. The number of carbonyl (C=O) groups excluding carboxylic acids is 2. The fourth-order valence-electron chi connectivity index (χ4n) is 5.42. The Hall–Kier alpha value is -4.21. The molecule has 2 aliphatic rings. The van der Waals surface area contributed by atoms with Crippen molar-refractivity contribution in [3.63, 3.8) is 0 Å². The van der Waals surface area contributed by atoms with E-state index >= 15 is 0 Å². The number of halogens is 2. The maximum atomic E-state index is 14.1. The van der Waals surface area contributed by atoms with Crippen molar-refractivity contribution in [1.29, 1.82) is 0 Å². The minimum atomic E-state index is -0.427. The van der Waals surface area contributed by atoms with Crippen LogP contribution in [0.4, 0.5) is 15.0 Å². The molecule has 1 atom stereocenters. The molecule has 8 nitrogen and oxygen atoms in total. The number of nitrogens with one attached hydrogen (secondary N) is 1. The summed E-state index contributed by atoms with van der Waals surface area (Å²) >= 11 is 6.11. The third-order valence-corrected chi connectivity index (χ3v) is 8.21. The van der Waals surface area contributed by atoms with Crippen LogP contribution in [0.5, 0.6) is 5.75 Å². The van der Waals surface area contributed by atoms with E-state index in [9.17, 15) is 14.0 Å². The molecule has 1 saturated heterocycles. The number of nitrogens with zero attached hydrogens (tertiary/aromatic N) is 4. The molecule has 6 rings (SSSR count). The molecule has 1 aromatic heterocycles. The molecule has 2 aliphatic heterocycles. The molecule has 4 aromatic rings. The molecule has 0 radical (unpaired) electrons. The van der Waals surface area contributed by atoms with Crippen LogP contribution in [0.15, 0.2) is 66.9 Å². The van der Waals surface area contributed by atoms with Gasteiger partial charge in [-0.2, -0.15) is 0 Å². The summed E-state index contributed by atoms with van der Waals surface area (Å²) in [4.78, 5) is 32.4. The third-order valence-electron chi connectivity index (χ3n) is 7.86. The standard InChI is InChI=1S/C31H29ClFN5O3/c1-19(20-8-10-24(11-9-20)41-18-25-26(32)4-3-5-27(25)33)37-16-22-7-6-21(14-23(22)17-37)30-34-15-29(36(30)2)38-13-12-28(39)35-31(38)40/h3-11,14-15,19H,12-13,16-18H2,1-2H3,(H,35,39,40). The second-order valence-corrected chi connectivity index (χ2v) is 10.8. The van der Waals surface area contributed by atoms with Gasteiger partial charge in [0.1, 0.15) is 29.8 Å². The first-order valence-electron chi connectivity index (χ1n) is 13.4. The number of amides is 3. The Kier molecular flexibility index (Phi) is 7.23. The van der Waals surface area contributed by atoms with E-state index in [2.05, 4.69) is 40.3 Å². The monoisotopic (exact) mass is 573 g/mol. The largest absolute Gasteiger partial charge is 0.489 e. The molecule has 1 unspecified atom stereocenters. The molecule has 3 heterocycles. The number of rotatable bonds is 7. The molecule has 0 spiro atoms. The molecule has 0 bridgehead atoms. The van der Waals surface area contributed by atoms with Crippen LogP contribution in [0.3, 0.4) is 0 Å². The van der Waals surface area contributed by atoms with Gasteiger partial charge in [0.25, 0.3) is 0 Å². The van der Waals surface area contributed by atoms with Crippen molar-refractivity contribution >= 4 is 29.4 Å². The van der Waals surface area contributed by atoms with Gasteiger partial charge in [0.15, 0.2) is 0 Å². The van der Waals surface area contributed by atoms with Gasteiger partial charge in [0, 0.05) is 50.3 Å². The molecule has 1 fully saturated rings. The van der Waals surface area contributed by atoms with Crippen molar-refractivity contribution in [2.75, 3.05) is 11.4 Å². The van der Waals surface area contributed by atoms with Crippen LogP contribution in [-0.2, 0) is 31.5 Å². The number of carbonyl (C=O) groups is 2. The number of imide groups is 1. The second kappa shape index (κ2) is 11.0. The van der Waals surface area contributed by atoms with Crippen molar-refractivity contribution in [3.05, 3.63) is 100.0 Å². The van der Waals surface area contributed by atoms with Crippen molar-refractivity contribution in [2.45, 2.75) is 39.1 Å². The Labute approximate surface area is 242 Å². The summed E-state index contributed by atoms with van der Waals surface area (Å²) in [6.07, 6.45) is 1.93. The summed E-state index contributed by atoms with van der Waals surface area (Å²) in [5.41, 5.74) is 4.97. The Balaban J connectivity index is 1.12. The maximum Gasteiger partial charge on any atom is 0.329 e. The van der Waals surface area contributed by atoms with Crippen LogP contribution < -0.4 is 15.0 Å². The summed E-state index contributed by atoms with van der Waals surface area (Å²) in [7, 11) is 1.88. The average molecular weight is 574 g/mol. The van der Waals surface area contributed by atoms with E-state index in [-0.39, 0.29) is 30.8 Å². The molecule has 3 amide bonds. The molecule has 0 saturated carbocycles. The Morgan fingerprint density at radius 1 is 1.07 bits per heavy atom. The average Bonchev–Trinajstić information content (AvgIpc) is 3.56. The van der Waals surface area contributed by atoms with Gasteiger partial charge in [-0.3, -0.25) is 19.9 Å². The van der Waals surface area contributed by atoms with Crippen molar-refractivity contribution in [2.24, 2.45) is 7.05 Å². The highest BCUT2D eigenvalue weighted by Gasteiger charge is 2.28. The summed E-state index contributed by atoms with van der Waals surface area (Å²) in [6.45, 7) is 4.19. The normalized spacial score (nSPS) is 16.0. The zero-order chi connectivity index (χ0) is 28.7. The number of ether oxygens (including phenoxy) is 1. The maximum absolute atomic E-state index is 14.1. The lowest BCUT2D eigenvalue weighted by molar-refractivity contribution is -0.120. The van der Waals surface area contributed by atoms with E-state index in [0.29, 0.717) is 28.7 Å². The van der Waals surface area contributed by atoms with E-state index in [1.165, 1.54) is 17.2 Å². The number of hydrogen-bond donors (Lipinski definition) is 1. The molecule has 3 aromatic carbocycles. The zero-order valence-electron chi connectivity index (χ0n) is 22.7. The quantitative estimate of drug-likeness (QED) is 0.294. The first-order chi connectivity index (χ1) is 19.8. The van der Waals surface area contributed by atoms with Crippen LogP contribution >= 0.6 is 11.6 Å². The Morgan fingerprint density at radius 2 is 1.85 bits per heavy atom. The van der Waals surface area contributed by atoms with Crippen LogP contribution in [0.1, 0.15) is 41.6 Å². The SMILES string of the molecule is CC(c1ccc(OCc2c(F)cccc2Cl)cc1)N1Cc2ccc(-c3ncc(N4CCC(=O)NC4=O)n3C)cc2C1. The van der Waals surface area contributed by atoms with Crippen molar-refractivity contribution in [3.8, 4) is 17.1 Å². The van der Waals surface area contributed by atoms with Gasteiger partial charge < -0.3 is 9.30 Å². The summed E-state index contributed by atoms with van der Waals surface area (Å²) in [5.74, 6) is 1.41. The Morgan fingerprint density at radius 3 is 2.61 bits per heavy atom. The molecule has 0 aliphatic carbocycles. The molecule has 10 heteroatoms. The fraction of sp³-hybridized carbons (Fsp3) is 0.258. The van der Waals surface area contributed by atoms with Gasteiger partial charge >= 0.3 is 6.03 Å². The van der Waals surface area contributed by atoms with Crippen LogP contribution in [0, 0.1) is 5.82 Å². The molecule has 41 heavy (non-hydrogen) atoms. The highest BCUT2D eigenvalue weighted by molar-refractivity contribution is 6.31. The lowest BCUT2D eigenvalue weighted by atomic mass is 10.1. The van der Waals surface area contributed by atoms with Gasteiger partial charge in [-0.1, -0.05) is 41.9 Å². The lowest BCUT2D eigenvalue weighted by Crippen LogP contribution is -2.50. The predicted molar refractivity (Wildman–Crippen MR) is 154 cm³/mol. The number of fused-ring (bicyclic) bond motifs is 1. The van der Waals surface area contributed by atoms with Crippen LogP contribution in [0.2, 0.25) is 5.02 Å². The summed E-state index contributed by atoms with van der Waals surface area (Å²) in [5, 5.41) is 2.71. The molecular formula is C31H29ClFN5O3. The third kappa shape index (κ3) is 5.30. The van der Waals surface area contributed by atoms with Gasteiger partial charge in [-0.25, -0.2) is 14.2 Å². The predicted octanol–water partition coefficient (Wildman–Crippen LogP) is 5.98. The summed E-state index contributed by atoms with van der Waals surface area (Å²) < 4.78 is 21.7. The van der Waals surface area contributed by atoms with Gasteiger partial charge in [0.05, 0.1) is 11.2 Å². The Bertz CT molecular complexity index is 1620. The number of hydrogen-bond acceptors (Lipinski definition) is 5. The lowest BCUT2D eigenvalue weighted by Gasteiger charge is -2.26. The number of anilines is 1. The van der Waals surface area contributed by atoms with Crippen molar-refractivity contribution in [1.82, 2.24) is 19.8 Å². The summed E-state index contributed by atoms with van der Waals surface area (Å²) in [6, 6.07) is 18.6. The minimum Gasteiger partial charge on any atom is -0.489 e. The molecular weight excluding hydrogens is 545 g/mol. The molecule has 1 N–H and O–H groups in total. The van der Waals surface area contributed by atoms with Gasteiger partial charge in [0.2, 0.25) is 5.91 Å². The first-order valence-corrected chi connectivity index (χ1v) is 13.8. The van der Waals surface area contributed by atoms with Crippen LogP contribution in [-0.4, -0.2) is 32.9 Å². The zero-order valence-corrected chi connectivity index (χ0v) is 23.5. The van der Waals surface area contributed by atoms with Gasteiger partial charge in [-0.05, 0) is 53.9 Å². The topological polar surface area (TPSA) is 79.7 Å². The van der Waals surface area contributed by atoms with Gasteiger partial charge in [-0.15, -0.1) is 0 Å². The van der Waals surface area contributed by atoms with Crippen molar-refractivity contribution < 1.29 is 18.7 Å². The van der Waals surface area contributed by atoms with Crippen LogP contribution in [0.25, 0.3) is 11.4 Å². The van der Waals surface area contributed by atoms with E-state index < -0.39 is 6.03 Å². The van der Waals surface area contributed by atoms with E-state index in [1.807, 2.05) is 35.9 Å². The first kappa shape index (κ1) is 27.0. The smallest absolute Gasteiger partial charge is 0.329 e. The highest BCUT2D eigenvalue weighted by Crippen LogP contribution is 2.35. The van der Waals surface area contributed by atoms with E-state index in [0.717, 1.165) is 30.0 Å². The fourth-order valence-corrected chi connectivity index (χ4v) is 5.63. The second-order valence-electron chi connectivity index (χ2n) is 10.4. The van der Waals surface area contributed by atoms with E-state index in [4.69, 9.17) is 16.3 Å². The minimum absolute atomic E-state index is 0.0621. The van der Waals surface area contributed by atoms with E-state index in [1.54, 1.807) is 23.2 Å². The number of imidazole rings is 1. The molecule has 210 valence electrons.